The van der Waals surface area contributed by atoms with Crippen LogP contribution in [0.5, 0.6) is 0 Å². The zero-order valence-electron chi connectivity index (χ0n) is 15.9. The van der Waals surface area contributed by atoms with Crippen molar-refractivity contribution in [3.05, 3.63) is 53.6 Å². The number of nitrogens with one attached hydrogen (secondary N) is 1. The summed E-state index contributed by atoms with van der Waals surface area (Å²) in [6.45, 7) is 4.20. The zero-order valence-corrected chi connectivity index (χ0v) is 16.7. The molecular formula is C20H25N3O3S. The van der Waals surface area contributed by atoms with Crippen LogP contribution in [0.2, 0.25) is 0 Å². The Labute approximate surface area is 160 Å². The van der Waals surface area contributed by atoms with Crippen LogP contribution >= 0.6 is 0 Å². The third-order valence-electron chi connectivity index (χ3n) is 4.80. The van der Waals surface area contributed by atoms with Crippen LogP contribution in [0, 0.1) is 6.92 Å². The standard InChI is InChI=1S/C20H25N3O3S/c1-15-14-17(8-11-19(15)23-12-4-5-13-23)21-20(24)16-6-9-18(10-7-16)27(25,26)22(2)3/h6-11,14H,4-5,12-13H2,1-3H3,(H,21,24). The minimum atomic E-state index is -3.50. The van der Waals surface area contributed by atoms with Gasteiger partial charge in [-0.05, 0) is 67.8 Å². The number of hydrogen-bond donors (Lipinski definition) is 1. The van der Waals surface area contributed by atoms with Gasteiger partial charge in [-0.1, -0.05) is 0 Å². The third kappa shape index (κ3) is 4.14. The number of carbonyl (C=O) groups is 1. The Kier molecular flexibility index (Phi) is 5.53. The number of hydrogen-bond acceptors (Lipinski definition) is 4. The van der Waals surface area contributed by atoms with Gasteiger partial charge in [0.15, 0.2) is 0 Å². The molecule has 0 unspecified atom stereocenters. The van der Waals surface area contributed by atoms with Crippen LogP contribution in [0.3, 0.4) is 0 Å². The molecule has 3 rings (SSSR count). The fourth-order valence-electron chi connectivity index (χ4n) is 3.24. The molecule has 0 spiro atoms. The number of aryl methyl sites for hydroxylation is 1. The molecule has 27 heavy (non-hydrogen) atoms. The van der Waals surface area contributed by atoms with Gasteiger partial charge in [-0.15, -0.1) is 0 Å². The monoisotopic (exact) mass is 387 g/mol. The van der Waals surface area contributed by atoms with E-state index in [-0.39, 0.29) is 10.8 Å². The number of benzene rings is 2. The molecule has 1 aliphatic rings. The number of carbonyl (C=O) groups excluding carboxylic acids is 1. The fourth-order valence-corrected chi connectivity index (χ4v) is 4.14. The van der Waals surface area contributed by atoms with Crippen molar-refractivity contribution in [2.75, 3.05) is 37.4 Å². The van der Waals surface area contributed by atoms with E-state index in [1.54, 1.807) is 0 Å². The lowest BCUT2D eigenvalue weighted by Crippen LogP contribution is -2.22. The van der Waals surface area contributed by atoms with Crippen molar-refractivity contribution >= 4 is 27.3 Å². The molecule has 0 radical (unpaired) electrons. The summed E-state index contributed by atoms with van der Waals surface area (Å²) in [6, 6.07) is 11.9. The van der Waals surface area contributed by atoms with Gasteiger partial charge in [-0.3, -0.25) is 4.79 Å². The van der Waals surface area contributed by atoms with E-state index in [0.29, 0.717) is 5.56 Å². The van der Waals surface area contributed by atoms with Gasteiger partial charge in [0.2, 0.25) is 10.0 Å². The van der Waals surface area contributed by atoms with Crippen molar-refractivity contribution < 1.29 is 13.2 Å². The summed E-state index contributed by atoms with van der Waals surface area (Å²) in [4.78, 5) is 15.0. The molecule has 0 saturated carbocycles. The van der Waals surface area contributed by atoms with Crippen molar-refractivity contribution in [1.82, 2.24) is 4.31 Å². The van der Waals surface area contributed by atoms with E-state index < -0.39 is 10.0 Å². The molecule has 144 valence electrons. The van der Waals surface area contributed by atoms with Crippen LogP contribution in [0.15, 0.2) is 47.4 Å². The van der Waals surface area contributed by atoms with Crippen LogP contribution in [0.25, 0.3) is 0 Å². The van der Waals surface area contributed by atoms with Crippen molar-refractivity contribution in [1.29, 1.82) is 0 Å². The Hall–Kier alpha value is -2.38. The van der Waals surface area contributed by atoms with Gasteiger partial charge in [-0.25, -0.2) is 12.7 Å². The molecular weight excluding hydrogens is 362 g/mol. The number of nitrogens with zero attached hydrogens (tertiary/aromatic N) is 2. The Morgan fingerprint density at radius 1 is 1.04 bits per heavy atom. The van der Waals surface area contributed by atoms with Gasteiger partial charge in [0.1, 0.15) is 0 Å². The Balaban J connectivity index is 1.73. The number of amides is 1. The predicted octanol–water partition coefficient (Wildman–Crippen LogP) is 3.10. The molecule has 6 nitrogen and oxygen atoms in total. The molecule has 2 aromatic carbocycles. The van der Waals surface area contributed by atoms with Gasteiger partial charge in [0.25, 0.3) is 5.91 Å². The van der Waals surface area contributed by atoms with E-state index in [1.807, 2.05) is 25.1 Å². The lowest BCUT2D eigenvalue weighted by Gasteiger charge is -2.20. The summed E-state index contributed by atoms with van der Waals surface area (Å²) >= 11 is 0. The summed E-state index contributed by atoms with van der Waals surface area (Å²) in [5.74, 6) is -0.267. The SMILES string of the molecule is Cc1cc(NC(=O)c2ccc(S(=O)(=O)N(C)C)cc2)ccc1N1CCCC1. The maximum Gasteiger partial charge on any atom is 0.255 e. The maximum absolute atomic E-state index is 12.5. The van der Waals surface area contributed by atoms with Crippen molar-refractivity contribution in [2.24, 2.45) is 0 Å². The van der Waals surface area contributed by atoms with Crippen LogP contribution in [-0.4, -0.2) is 45.8 Å². The smallest absolute Gasteiger partial charge is 0.255 e. The Morgan fingerprint density at radius 3 is 2.22 bits per heavy atom. The quantitative estimate of drug-likeness (QED) is 0.856. The van der Waals surface area contributed by atoms with E-state index in [0.717, 1.165) is 28.6 Å². The largest absolute Gasteiger partial charge is 0.371 e. The predicted molar refractivity (Wildman–Crippen MR) is 108 cm³/mol. The number of anilines is 2. The van der Waals surface area contributed by atoms with Crippen molar-refractivity contribution in [3.63, 3.8) is 0 Å². The minimum absolute atomic E-state index is 0.162. The van der Waals surface area contributed by atoms with Gasteiger partial charge >= 0.3 is 0 Å². The van der Waals surface area contributed by atoms with Gasteiger partial charge in [-0.2, -0.15) is 0 Å². The topological polar surface area (TPSA) is 69.7 Å². The zero-order chi connectivity index (χ0) is 19.6. The van der Waals surface area contributed by atoms with Crippen molar-refractivity contribution in [3.8, 4) is 0 Å². The second kappa shape index (κ2) is 7.70. The second-order valence-electron chi connectivity index (χ2n) is 6.96. The molecule has 1 aliphatic heterocycles. The van der Waals surface area contributed by atoms with Crippen molar-refractivity contribution in [2.45, 2.75) is 24.7 Å². The minimum Gasteiger partial charge on any atom is -0.371 e. The Morgan fingerprint density at radius 2 is 1.67 bits per heavy atom. The summed E-state index contributed by atoms with van der Waals surface area (Å²) in [7, 11) is -0.547. The van der Waals surface area contributed by atoms with Crippen LogP contribution in [0.1, 0.15) is 28.8 Å². The molecule has 0 bridgehead atoms. The highest BCUT2D eigenvalue weighted by atomic mass is 32.2. The van der Waals surface area contributed by atoms with Crippen LogP contribution in [-0.2, 0) is 10.0 Å². The molecule has 1 fully saturated rings. The van der Waals surface area contributed by atoms with E-state index >= 15 is 0 Å². The van der Waals surface area contributed by atoms with E-state index in [2.05, 4.69) is 10.2 Å². The molecule has 1 heterocycles. The summed E-state index contributed by atoms with van der Waals surface area (Å²) in [6.07, 6.45) is 2.44. The highest BCUT2D eigenvalue weighted by Gasteiger charge is 2.18. The fraction of sp³-hybridized carbons (Fsp3) is 0.350. The molecule has 1 amide bonds. The number of rotatable bonds is 5. The second-order valence-corrected chi connectivity index (χ2v) is 9.11. The molecule has 1 saturated heterocycles. The first-order valence-corrected chi connectivity index (χ1v) is 10.4. The van der Waals surface area contributed by atoms with Crippen LogP contribution < -0.4 is 10.2 Å². The highest BCUT2D eigenvalue weighted by Crippen LogP contribution is 2.27. The molecule has 0 atom stereocenters. The van der Waals surface area contributed by atoms with Crippen LogP contribution in [0.4, 0.5) is 11.4 Å². The first kappa shape index (κ1) is 19.4. The molecule has 2 aromatic rings. The van der Waals surface area contributed by atoms with Gasteiger partial charge in [0, 0.05) is 44.1 Å². The first-order chi connectivity index (χ1) is 12.8. The lowest BCUT2D eigenvalue weighted by molar-refractivity contribution is 0.102. The summed E-state index contributed by atoms with van der Waals surface area (Å²) in [5.41, 5.74) is 3.48. The summed E-state index contributed by atoms with van der Waals surface area (Å²) in [5, 5.41) is 2.88. The molecule has 1 N–H and O–H groups in total. The average Bonchev–Trinajstić information content (AvgIpc) is 3.16. The molecule has 0 aliphatic carbocycles. The third-order valence-corrected chi connectivity index (χ3v) is 6.63. The van der Waals surface area contributed by atoms with Gasteiger partial charge in [0.05, 0.1) is 4.90 Å². The van der Waals surface area contributed by atoms with E-state index in [9.17, 15) is 13.2 Å². The summed E-state index contributed by atoms with van der Waals surface area (Å²) < 4.78 is 25.4. The van der Waals surface area contributed by atoms with E-state index in [1.165, 1.54) is 56.9 Å². The van der Waals surface area contributed by atoms with Gasteiger partial charge < -0.3 is 10.2 Å². The normalized spacial score (nSPS) is 14.6. The first-order valence-electron chi connectivity index (χ1n) is 8.98. The Bertz CT molecular complexity index is 931. The highest BCUT2D eigenvalue weighted by molar-refractivity contribution is 7.89. The number of sulfonamides is 1. The lowest BCUT2D eigenvalue weighted by atomic mass is 10.1. The molecule has 7 heteroatoms. The maximum atomic E-state index is 12.5. The average molecular weight is 388 g/mol. The molecule has 0 aromatic heterocycles. The van der Waals surface area contributed by atoms with E-state index in [4.69, 9.17) is 0 Å².